The van der Waals surface area contributed by atoms with E-state index in [1.54, 1.807) is 12.2 Å². The molecule has 1 aliphatic carbocycles. The quantitative estimate of drug-likeness (QED) is 0.538. The summed E-state index contributed by atoms with van der Waals surface area (Å²) in [6.07, 6.45) is 4.19. The standard InChI is InChI=1S/C20H28N4O2/c1-4-9-26-20-12-19(16(21)11-17(20)22)24-18-6-5-15(10-13(18)2)14(3)23-7-8-25/h5-6,10-12,14,21,23,25H,4,7-9,22H2,1-3H3. The number of allylic oxidation sites excluding steroid dienone is 2. The SMILES string of the molecule is CCCOC1=CC(=Nc2ccc(C(C)NCCO)cc2C)C(=N)C=C1N. The molecule has 0 amide bonds. The average molecular weight is 356 g/mol. The van der Waals surface area contributed by atoms with E-state index in [0.717, 1.165) is 23.2 Å². The Kier molecular flexibility index (Phi) is 7.12. The molecule has 0 aromatic heterocycles. The van der Waals surface area contributed by atoms with Crippen LogP contribution in [0.3, 0.4) is 0 Å². The van der Waals surface area contributed by atoms with Crippen LogP contribution in [-0.4, -0.2) is 36.3 Å². The van der Waals surface area contributed by atoms with Gasteiger partial charge >= 0.3 is 0 Å². The summed E-state index contributed by atoms with van der Waals surface area (Å²) in [6, 6.07) is 6.18. The minimum absolute atomic E-state index is 0.114. The van der Waals surface area contributed by atoms with Crippen molar-refractivity contribution >= 4 is 17.1 Å². The van der Waals surface area contributed by atoms with Crippen LogP contribution in [0.2, 0.25) is 0 Å². The fourth-order valence-corrected chi connectivity index (χ4v) is 2.62. The third kappa shape index (κ3) is 5.03. The lowest BCUT2D eigenvalue weighted by Gasteiger charge is -2.17. The average Bonchev–Trinajstić information content (AvgIpc) is 2.62. The van der Waals surface area contributed by atoms with E-state index in [-0.39, 0.29) is 18.4 Å². The van der Waals surface area contributed by atoms with Crippen LogP contribution in [0.1, 0.15) is 37.4 Å². The molecule has 5 N–H and O–H groups in total. The zero-order valence-corrected chi connectivity index (χ0v) is 15.7. The Morgan fingerprint density at radius 1 is 1.35 bits per heavy atom. The van der Waals surface area contributed by atoms with Gasteiger partial charge in [-0.2, -0.15) is 0 Å². The van der Waals surface area contributed by atoms with Gasteiger partial charge in [0.25, 0.3) is 0 Å². The Hall–Kier alpha value is -2.44. The van der Waals surface area contributed by atoms with Crippen molar-refractivity contribution in [1.29, 1.82) is 5.41 Å². The van der Waals surface area contributed by atoms with Gasteiger partial charge in [0.2, 0.25) is 0 Å². The van der Waals surface area contributed by atoms with E-state index < -0.39 is 0 Å². The first kappa shape index (κ1) is 19.9. The second kappa shape index (κ2) is 9.31. The van der Waals surface area contributed by atoms with Gasteiger partial charge in [0, 0.05) is 18.7 Å². The van der Waals surface area contributed by atoms with Gasteiger partial charge in [0.15, 0.2) is 0 Å². The van der Waals surface area contributed by atoms with Gasteiger partial charge < -0.3 is 20.9 Å². The fourth-order valence-electron chi connectivity index (χ4n) is 2.62. The van der Waals surface area contributed by atoms with E-state index in [1.165, 1.54) is 0 Å². The van der Waals surface area contributed by atoms with Gasteiger partial charge in [-0.1, -0.05) is 19.1 Å². The number of nitrogens with zero attached hydrogens (tertiary/aromatic N) is 1. The molecule has 140 valence electrons. The van der Waals surface area contributed by atoms with Crippen LogP contribution in [0.5, 0.6) is 0 Å². The van der Waals surface area contributed by atoms with Crippen molar-refractivity contribution in [3.05, 3.63) is 52.9 Å². The summed E-state index contributed by atoms with van der Waals surface area (Å²) in [5.74, 6) is 0.567. The summed E-state index contributed by atoms with van der Waals surface area (Å²) < 4.78 is 5.64. The van der Waals surface area contributed by atoms with Crippen LogP contribution in [0, 0.1) is 12.3 Å². The van der Waals surface area contributed by atoms with Crippen LogP contribution < -0.4 is 11.1 Å². The van der Waals surface area contributed by atoms with Crippen LogP contribution >= 0.6 is 0 Å². The molecule has 0 fully saturated rings. The van der Waals surface area contributed by atoms with E-state index in [0.29, 0.717) is 30.3 Å². The van der Waals surface area contributed by atoms with Gasteiger partial charge in [0.05, 0.1) is 36.0 Å². The maximum Gasteiger partial charge on any atom is 0.144 e. The Morgan fingerprint density at radius 3 is 2.77 bits per heavy atom. The number of aliphatic imine (C=N–C) groups is 1. The van der Waals surface area contributed by atoms with Crippen LogP contribution in [0.4, 0.5) is 5.69 Å². The number of hydrogen-bond acceptors (Lipinski definition) is 6. The molecule has 2 rings (SSSR count). The minimum atomic E-state index is 0.114. The first-order valence-corrected chi connectivity index (χ1v) is 8.90. The molecule has 1 aromatic rings. The van der Waals surface area contributed by atoms with Gasteiger partial charge in [-0.15, -0.1) is 0 Å². The van der Waals surface area contributed by atoms with Crippen molar-refractivity contribution in [2.24, 2.45) is 10.7 Å². The van der Waals surface area contributed by atoms with E-state index in [4.69, 9.17) is 21.0 Å². The number of benzene rings is 1. The molecule has 0 saturated heterocycles. The number of hydrogen-bond donors (Lipinski definition) is 4. The molecule has 0 bridgehead atoms. The lowest BCUT2D eigenvalue weighted by Crippen LogP contribution is -2.22. The zero-order chi connectivity index (χ0) is 19.1. The van der Waals surface area contributed by atoms with E-state index in [2.05, 4.69) is 23.3 Å². The van der Waals surface area contributed by atoms with Crippen LogP contribution in [0.15, 0.2) is 46.8 Å². The molecule has 0 heterocycles. The van der Waals surface area contributed by atoms with Crippen molar-refractivity contribution in [3.63, 3.8) is 0 Å². The summed E-state index contributed by atoms with van der Waals surface area (Å²) in [6.45, 7) is 7.33. The summed E-state index contributed by atoms with van der Waals surface area (Å²) in [4.78, 5) is 4.63. The predicted molar refractivity (Wildman–Crippen MR) is 106 cm³/mol. The number of rotatable bonds is 8. The molecule has 0 saturated carbocycles. The second-order valence-electron chi connectivity index (χ2n) is 6.31. The van der Waals surface area contributed by atoms with Crippen molar-refractivity contribution in [2.45, 2.75) is 33.2 Å². The van der Waals surface area contributed by atoms with Crippen molar-refractivity contribution in [1.82, 2.24) is 5.32 Å². The molecule has 0 aliphatic heterocycles. The highest BCUT2D eigenvalue weighted by Crippen LogP contribution is 2.25. The third-order valence-electron chi connectivity index (χ3n) is 4.11. The molecule has 1 aliphatic rings. The van der Waals surface area contributed by atoms with Gasteiger partial charge in [-0.3, -0.25) is 5.41 Å². The summed E-state index contributed by atoms with van der Waals surface area (Å²) >= 11 is 0. The molecule has 6 heteroatoms. The lowest BCUT2D eigenvalue weighted by molar-refractivity contribution is 0.220. The highest BCUT2D eigenvalue weighted by atomic mass is 16.5. The Labute approximate surface area is 155 Å². The number of aryl methyl sites for hydroxylation is 1. The number of nitrogens with two attached hydrogens (primary N) is 1. The molecule has 0 radical (unpaired) electrons. The van der Waals surface area contributed by atoms with Crippen LogP contribution in [-0.2, 0) is 4.74 Å². The monoisotopic (exact) mass is 356 g/mol. The van der Waals surface area contributed by atoms with E-state index in [9.17, 15) is 0 Å². The smallest absolute Gasteiger partial charge is 0.144 e. The van der Waals surface area contributed by atoms with E-state index in [1.807, 2.05) is 26.0 Å². The van der Waals surface area contributed by atoms with Gasteiger partial charge in [-0.25, -0.2) is 4.99 Å². The molecule has 1 aromatic carbocycles. The molecular weight excluding hydrogens is 328 g/mol. The zero-order valence-electron chi connectivity index (χ0n) is 15.7. The first-order chi connectivity index (χ1) is 12.5. The largest absolute Gasteiger partial charge is 0.491 e. The number of ether oxygens (including phenoxy) is 1. The molecule has 1 atom stereocenters. The van der Waals surface area contributed by atoms with Crippen molar-refractivity contribution in [3.8, 4) is 0 Å². The van der Waals surface area contributed by atoms with Crippen molar-refractivity contribution in [2.75, 3.05) is 19.8 Å². The molecule has 0 spiro atoms. The van der Waals surface area contributed by atoms with E-state index >= 15 is 0 Å². The lowest BCUT2D eigenvalue weighted by atomic mass is 10.0. The topological polar surface area (TPSA) is 104 Å². The summed E-state index contributed by atoms with van der Waals surface area (Å²) in [5.41, 5.74) is 10.2. The highest BCUT2D eigenvalue weighted by molar-refractivity contribution is 6.50. The maximum absolute atomic E-state index is 8.93. The Balaban J connectivity index is 2.25. The summed E-state index contributed by atoms with van der Waals surface area (Å²) in [7, 11) is 0. The minimum Gasteiger partial charge on any atom is -0.491 e. The fraction of sp³-hybridized carbons (Fsp3) is 0.400. The third-order valence-corrected chi connectivity index (χ3v) is 4.11. The molecule has 1 unspecified atom stereocenters. The number of aliphatic hydroxyl groups excluding tert-OH is 1. The summed E-state index contributed by atoms with van der Waals surface area (Å²) in [5, 5.41) is 20.3. The Bertz CT molecular complexity index is 750. The highest BCUT2D eigenvalue weighted by Gasteiger charge is 2.16. The second-order valence-corrected chi connectivity index (χ2v) is 6.31. The Morgan fingerprint density at radius 2 is 2.12 bits per heavy atom. The van der Waals surface area contributed by atoms with Gasteiger partial charge in [0.1, 0.15) is 5.76 Å². The molecule has 6 nitrogen and oxygen atoms in total. The number of aliphatic hydroxyl groups is 1. The predicted octanol–water partition coefficient (Wildman–Crippen LogP) is 2.90. The number of nitrogens with one attached hydrogen (secondary N) is 2. The van der Waals surface area contributed by atoms with Crippen LogP contribution in [0.25, 0.3) is 0 Å². The normalized spacial score (nSPS) is 17.1. The maximum atomic E-state index is 8.93. The first-order valence-electron chi connectivity index (χ1n) is 8.90. The van der Waals surface area contributed by atoms with Gasteiger partial charge in [-0.05, 0) is 43.5 Å². The molecular formula is C20H28N4O2. The molecule has 26 heavy (non-hydrogen) atoms. The van der Waals surface area contributed by atoms with Crippen molar-refractivity contribution < 1.29 is 9.84 Å².